The minimum atomic E-state index is 0. The predicted molar refractivity (Wildman–Crippen MR) is 136 cm³/mol. The number of guanidine groups is 1. The second kappa shape index (κ2) is 13.6. The van der Waals surface area contributed by atoms with Crippen molar-refractivity contribution in [1.29, 1.82) is 0 Å². The Morgan fingerprint density at radius 3 is 2.69 bits per heavy atom. The van der Waals surface area contributed by atoms with Crippen molar-refractivity contribution in [2.75, 3.05) is 70.5 Å². The Morgan fingerprint density at radius 1 is 1.17 bits per heavy atom. The maximum Gasteiger partial charge on any atom is 0.191 e. The lowest BCUT2D eigenvalue weighted by Gasteiger charge is -2.42. The Kier molecular flexibility index (Phi) is 12.0. The molecule has 0 aromatic carbocycles. The van der Waals surface area contributed by atoms with E-state index in [0.29, 0.717) is 0 Å². The van der Waals surface area contributed by atoms with Crippen molar-refractivity contribution in [3.8, 4) is 0 Å². The fraction of sp³-hybridized carbons (Fsp3) is 0.952. The number of aliphatic imine (C=N–C) groups is 1. The fourth-order valence-electron chi connectivity index (χ4n) is 4.81. The first-order valence-corrected chi connectivity index (χ1v) is 12.6. The summed E-state index contributed by atoms with van der Waals surface area (Å²) in [6.07, 6.45) is 6.63. The lowest BCUT2D eigenvalue weighted by Crippen LogP contribution is -2.56. The van der Waals surface area contributed by atoms with Crippen LogP contribution in [0.1, 0.15) is 46.0 Å². The fourth-order valence-corrected chi connectivity index (χ4v) is 6.28. The molecule has 0 spiro atoms. The maximum absolute atomic E-state index is 5.58. The van der Waals surface area contributed by atoms with Gasteiger partial charge in [-0.15, -0.1) is 24.0 Å². The highest BCUT2D eigenvalue weighted by Gasteiger charge is 2.40. The minimum Gasteiger partial charge on any atom is -0.379 e. The van der Waals surface area contributed by atoms with Gasteiger partial charge >= 0.3 is 0 Å². The van der Waals surface area contributed by atoms with Gasteiger partial charge in [0.25, 0.3) is 0 Å². The standard InChI is InChI=1S/C21H41N5OS.HI/c1-3-19-7-5-6-10-25(19)11-9-23-20(22-4-2)24-17-21(8-16-28-18-21)26-12-14-27-15-13-26;/h19H,3-18H2,1-2H3,(H2,22,23,24);1H. The first-order valence-electron chi connectivity index (χ1n) is 11.4. The van der Waals surface area contributed by atoms with E-state index < -0.39 is 0 Å². The van der Waals surface area contributed by atoms with E-state index in [9.17, 15) is 0 Å². The molecule has 0 bridgehead atoms. The van der Waals surface area contributed by atoms with Gasteiger partial charge in [0.05, 0.1) is 25.3 Å². The first kappa shape index (κ1) is 25.5. The zero-order chi connectivity index (χ0) is 19.7. The number of piperidine rings is 1. The molecule has 3 rings (SSSR count). The molecule has 0 saturated carbocycles. The monoisotopic (exact) mass is 539 g/mol. The van der Waals surface area contributed by atoms with Crippen LogP contribution in [0, 0.1) is 0 Å². The molecule has 3 aliphatic rings. The largest absolute Gasteiger partial charge is 0.379 e. The number of thioether (sulfide) groups is 1. The molecule has 3 fully saturated rings. The zero-order valence-corrected chi connectivity index (χ0v) is 21.6. The van der Waals surface area contributed by atoms with Crippen molar-refractivity contribution in [3.05, 3.63) is 0 Å². The second-order valence-corrected chi connectivity index (χ2v) is 9.45. The highest BCUT2D eigenvalue weighted by atomic mass is 127. The number of halogens is 1. The Bertz CT molecular complexity index is 484. The number of nitrogens with one attached hydrogen (secondary N) is 2. The van der Waals surface area contributed by atoms with Crippen molar-refractivity contribution >= 4 is 41.7 Å². The van der Waals surface area contributed by atoms with Gasteiger partial charge in [-0.3, -0.25) is 14.8 Å². The van der Waals surface area contributed by atoms with E-state index >= 15 is 0 Å². The van der Waals surface area contributed by atoms with Crippen LogP contribution in [-0.4, -0.2) is 97.9 Å². The number of hydrogen-bond acceptors (Lipinski definition) is 5. The zero-order valence-electron chi connectivity index (χ0n) is 18.5. The summed E-state index contributed by atoms with van der Waals surface area (Å²) in [4.78, 5) is 10.4. The molecule has 3 aliphatic heterocycles. The van der Waals surface area contributed by atoms with Crippen LogP contribution in [-0.2, 0) is 4.74 Å². The lowest BCUT2D eigenvalue weighted by molar-refractivity contribution is -0.0104. The highest BCUT2D eigenvalue weighted by Crippen LogP contribution is 2.34. The van der Waals surface area contributed by atoms with Crippen molar-refractivity contribution in [1.82, 2.24) is 20.4 Å². The molecule has 170 valence electrons. The van der Waals surface area contributed by atoms with Gasteiger partial charge in [-0.1, -0.05) is 13.3 Å². The van der Waals surface area contributed by atoms with E-state index in [1.54, 1.807) is 0 Å². The van der Waals surface area contributed by atoms with Gasteiger partial charge in [0.1, 0.15) is 0 Å². The summed E-state index contributed by atoms with van der Waals surface area (Å²) in [6, 6.07) is 0.773. The van der Waals surface area contributed by atoms with Crippen LogP contribution in [0.25, 0.3) is 0 Å². The third-order valence-corrected chi connectivity index (χ3v) is 7.79. The molecular formula is C21H42IN5OS. The second-order valence-electron chi connectivity index (χ2n) is 8.34. The Hall–Kier alpha value is 0.230. The number of morpholine rings is 1. The molecule has 0 aromatic heterocycles. The van der Waals surface area contributed by atoms with E-state index in [1.807, 2.05) is 0 Å². The van der Waals surface area contributed by atoms with Crippen molar-refractivity contribution < 1.29 is 4.74 Å². The van der Waals surface area contributed by atoms with E-state index in [1.165, 1.54) is 50.2 Å². The smallest absolute Gasteiger partial charge is 0.191 e. The number of rotatable bonds is 8. The van der Waals surface area contributed by atoms with Crippen LogP contribution >= 0.6 is 35.7 Å². The summed E-state index contributed by atoms with van der Waals surface area (Å²) in [6.45, 7) is 13.4. The van der Waals surface area contributed by atoms with Crippen LogP contribution in [0.2, 0.25) is 0 Å². The normalized spacial score (nSPS) is 29.4. The predicted octanol–water partition coefficient (Wildman–Crippen LogP) is 2.63. The van der Waals surface area contributed by atoms with Gasteiger partial charge in [-0.2, -0.15) is 11.8 Å². The molecule has 0 aliphatic carbocycles. The van der Waals surface area contributed by atoms with Crippen molar-refractivity contribution in [3.63, 3.8) is 0 Å². The summed E-state index contributed by atoms with van der Waals surface area (Å²) in [7, 11) is 0. The Balaban J connectivity index is 0.00000300. The van der Waals surface area contributed by atoms with E-state index in [4.69, 9.17) is 9.73 Å². The number of likely N-dealkylation sites (tertiary alicyclic amines) is 1. The molecule has 3 saturated heterocycles. The summed E-state index contributed by atoms with van der Waals surface area (Å²) in [5.41, 5.74) is 0.219. The molecule has 8 heteroatoms. The summed E-state index contributed by atoms with van der Waals surface area (Å²) in [5.74, 6) is 3.43. The van der Waals surface area contributed by atoms with Gasteiger partial charge in [-0.25, -0.2) is 0 Å². The summed E-state index contributed by atoms with van der Waals surface area (Å²) in [5, 5.41) is 7.06. The molecule has 2 atom stereocenters. The summed E-state index contributed by atoms with van der Waals surface area (Å²) >= 11 is 2.08. The van der Waals surface area contributed by atoms with Gasteiger partial charge in [-0.05, 0) is 44.9 Å². The maximum atomic E-state index is 5.58. The highest BCUT2D eigenvalue weighted by molar-refractivity contribution is 14.0. The number of hydrogen-bond donors (Lipinski definition) is 2. The third-order valence-electron chi connectivity index (χ3n) is 6.55. The van der Waals surface area contributed by atoms with Crippen molar-refractivity contribution in [2.24, 2.45) is 4.99 Å². The number of ether oxygens (including phenoxy) is 1. The van der Waals surface area contributed by atoms with Crippen LogP contribution in [0.5, 0.6) is 0 Å². The molecule has 2 unspecified atom stereocenters. The molecule has 3 heterocycles. The molecule has 2 N–H and O–H groups in total. The molecule has 6 nitrogen and oxygen atoms in total. The summed E-state index contributed by atoms with van der Waals surface area (Å²) < 4.78 is 5.58. The average molecular weight is 540 g/mol. The van der Waals surface area contributed by atoms with Crippen LogP contribution in [0.3, 0.4) is 0 Å². The Morgan fingerprint density at radius 2 is 2.00 bits per heavy atom. The quantitative estimate of drug-likeness (QED) is 0.281. The topological polar surface area (TPSA) is 52.1 Å². The van der Waals surface area contributed by atoms with Gasteiger partial charge in [0, 0.05) is 44.5 Å². The van der Waals surface area contributed by atoms with E-state index in [0.717, 1.165) is 64.5 Å². The third kappa shape index (κ3) is 7.40. The Labute approximate surface area is 199 Å². The molecular weight excluding hydrogens is 497 g/mol. The van der Waals surface area contributed by atoms with Crippen LogP contribution in [0.15, 0.2) is 4.99 Å². The number of nitrogens with zero attached hydrogens (tertiary/aromatic N) is 3. The molecule has 29 heavy (non-hydrogen) atoms. The van der Waals surface area contributed by atoms with E-state index in [2.05, 4.69) is 46.0 Å². The first-order chi connectivity index (χ1) is 13.8. The van der Waals surface area contributed by atoms with Gasteiger partial charge in [0.2, 0.25) is 0 Å². The molecule has 0 amide bonds. The van der Waals surface area contributed by atoms with Gasteiger partial charge < -0.3 is 15.4 Å². The SMILES string of the molecule is CCNC(=NCC1(N2CCOCC2)CCSC1)NCCN1CCCCC1CC.I. The van der Waals surface area contributed by atoms with E-state index in [-0.39, 0.29) is 29.5 Å². The van der Waals surface area contributed by atoms with Crippen LogP contribution < -0.4 is 10.6 Å². The molecule has 0 aromatic rings. The van der Waals surface area contributed by atoms with Crippen molar-refractivity contribution in [2.45, 2.75) is 57.5 Å². The molecule has 0 radical (unpaired) electrons. The van der Waals surface area contributed by atoms with Crippen LogP contribution in [0.4, 0.5) is 0 Å². The minimum absolute atomic E-state index is 0. The average Bonchev–Trinajstić information content (AvgIpc) is 3.23. The lowest BCUT2D eigenvalue weighted by atomic mass is 9.96. The van der Waals surface area contributed by atoms with Gasteiger partial charge in [0.15, 0.2) is 5.96 Å².